The first-order chi connectivity index (χ1) is 8.77. The van der Waals surface area contributed by atoms with Crippen LogP contribution < -0.4 is 10.6 Å². The van der Waals surface area contributed by atoms with E-state index in [0.29, 0.717) is 19.6 Å². The second-order valence-corrected chi connectivity index (χ2v) is 5.24. The summed E-state index contributed by atoms with van der Waals surface area (Å²) in [6.45, 7) is 3.66. The van der Waals surface area contributed by atoms with Crippen LogP contribution in [0.3, 0.4) is 0 Å². The Kier molecular flexibility index (Phi) is 4.99. The van der Waals surface area contributed by atoms with Gasteiger partial charge in [0.2, 0.25) is 0 Å². The van der Waals surface area contributed by atoms with Crippen LogP contribution in [-0.4, -0.2) is 49.4 Å². The van der Waals surface area contributed by atoms with Gasteiger partial charge in [0.25, 0.3) is 0 Å². The van der Waals surface area contributed by atoms with E-state index in [1.807, 2.05) is 0 Å². The molecule has 0 atom stereocenters. The molecule has 5 heteroatoms. The van der Waals surface area contributed by atoms with Gasteiger partial charge in [0.1, 0.15) is 0 Å². The van der Waals surface area contributed by atoms with Crippen LogP contribution in [0.5, 0.6) is 0 Å². The van der Waals surface area contributed by atoms with Crippen LogP contribution in [0.1, 0.15) is 32.1 Å². The molecule has 2 N–H and O–H groups in total. The van der Waals surface area contributed by atoms with Crippen molar-refractivity contribution in [3.63, 3.8) is 0 Å². The molecule has 0 aromatic rings. The molecule has 0 spiro atoms. The molecule has 18 heavy (non-hydrogen) atoms. The fourth-order valence-corrected chi connectivity index (χ4v) is 2.44. The third-order valence-corrected chi connectivity index (χ3v) is 3.88. The minimum absolute atomic E-state index is 0.368. The largest absolute Gasteiger partial charge is 0.348 e. The van der Waals surface area contributed by atoms with Gasteiger partial charge in [0, 0.05) is 26.2 Å². The molecule has 2 fully saturated rings. The third-order valence-electron chi connectivity index (χ3n) is 3.88. The fraction of sp³-hybridized carbons (Fsp3) is 0.846. The zero-order valence-electron chi connectivity index (χ0n) is 10.9. The number of hydrogen-bond donors (Lipinski definition) is 2. The summed E-state index contributed by atoms with van der Waals surface area (Å²) in [7, 11) is 0. The maximum Gasteiger partial charge on any atom is 0.311 e. The summed E-state index contributed by atoms with van der Waals surface area (Å²) >= 11 is 0. The van der Waals surface area contributed by atoms with Crippen LogP contribution in [0.25, 0.3) is 0 Å². The lowest BCUT2D eigenvalue weighted by Crippen LogP contribution is -2.44. The molecule has 0 unspecified atom stereocenters. The Morgan fingerprint density at radius 3 is 2.72 bits per heavy atom. The third kappa shape index (κ3) is 3.70. The van der Waals surface area contributed by atoms with Crippen molar-refractivity contribution in [1.82, 2.24) is 15.5 Å². The van der Waals surface area contributed by atoms with Gasteiger partial charge in [-0.2, -0.15) is 0 Å². The highest BCUT2D eigenvalue weighted by Crippen LogP contribution is 2.28. The predicted molar refractivity (Wildman–Crippen MR) is 69.0 cm³/mol. The van der Waals surface area contributed by atoms with E-state index in [9.17, 15) is 9.59 Å². The zero-order valence-corrected chi connectivity index (χ0v) is 10.9. The van der Waals surface area contributed by atoms with Crippen molar-refractivity contribution < 1.29 is 9.59 Å². The van der Waals surface area contributed by atoms with Gasteiger partial charge < -0.3 is 15.5 Å². The molecule has 0 bridgehead atoms. The second kappa shape index (κ2) is 6.73. The van der Waals surface area contributed by atoms with Gasteiger partial charge in [-0.1, -0.05) is 19.3 Å². The van der Waals surface area contributed by atoms with E-state index in [0.717, 1.165) is 31.8 Å². The number of carbonyl (C=O) groups excluding carboxylic acids is 2. The first-order valence-electron chi connectivity index (χ1n) is 7.05. The van der Waals surface area contributed by atoms with Gasteiger partial charge in [-0.25, -0.2) is 0 Å². The molecular weight excluding hydrogens is 230 g/mol. The van der Waals surface area contributed by atoms with Crippen molar-refractivity contribution in [2.75, 3.05) is 32.7 Å². The van der Waals surface area contributed by atoms with Crippen LogP contribution in [0.15, 0.2) is 0 Å². The molecule has 2 aliphatic rings. The van der Waals surface area contributed by atoms with Crippen LogP contribution in [0.4, 0.5) is 0 Å². The summed E-state index contributed by atoms with van der Waals surface area (Å²) in [6, 6.07) is 0. The van der Waals surface area contributed by atoms with Crippen molar-refractivity contribution in [2.24, 2.45) is 5.92 Å². The number of nitrogens with zero attached hydrogens (tertiary/aromatic N) is 1. The lowest BCUT2D eigenvalue weighted by Gasteiger charge is -2.25. The molecule has 1 saturated heterocycles. The molecule has 102 valence electrons. The van der Waals surface area contributed by atoms with Crippen molar-refractivity contribution in [2.45, 2.75) is 32.1 Å². The molecule has 1 heterocycles. The smallest absolute Gasteiger partial charge is 0.311 e. The summed E-state index contributed by atoms with van der Waals surface area (Å²) < 4.78 is 0. The topological polar surface area (TPSA) is 61.4 Å². The van der Waals surface area contributed by atoms with Gasteiger partial charge in [-0.3, -0.25) is 9.59 Å². The number of rotatable bonds is 3. The average Bonchev–Trinajstić information content (AvgIpc) is 2.59. The molecule has 1 aliphatic carbocycles. The highest BCUT2D eigenvalue weighted by molar-refractivity contribution is 6.35. The molecule has 2 rings (SSSR count). The van der Waals surface area contributed by atoms with Crippen LogP contribution in [0, 0.1) is 5.92 Å². The maximum atomic E-state index is 11.9. The molecule has 0 radical (unpaired) electrons. The average molecular weight is 253 g/mol. The van der Waals surface area contributed by atoms with E-state index in [1.165, 1.54) is 19.3 Å². The van der Waals surface area contributed by atoms with Gasteiger partial charge in [0.05, 0.1) is 0 Å². The summed E-state index contributed by atoms with van der Waals surface area (Å²) in [5.74, 6) is -0.0358. The minimum atomic E-state index is -0.434. The Morgan fingerprint density at radius 2 is 2.00 bits per heavy atom. The Hall–Kier alpha value is -1.10. The Balaban J connectivity index is 1.67. The number of hydrogen-bond acceptors (Lipinski definition) is 3. The highest BCUT2D eigenvalue weighted by Gasteiger charge is 2.23. The molecule has 0 aromatic carbocycles. The maximum absolute atomic E-state index is 11.9. The quantitative estimate of drug-likeness (QED) is 0.702. The number of carbonyl (C=O) groups is 2. The monoisotopic (exact) mass is 253 g/mol. The van der Waals surface area contributed by atoms with E-state index in [1.54, 1.807) is 4.90 Å². The normalized spacial score (nSPS) is 21.0. The van der Waals surface area contributed by atoms with Gasteiger partial charge in [0.15, 0.2) is 0 Å². The summed E-state index contributed by atoms with van der Waals surface area (Å²) in [6.07, 6.45) is 5.81. The molecule has 0 aromatic heterocycles. The molecule has 1 saturated carbocycles. The van der Waals surface area contributed by atoms with E-state index < -0.39 is 5.91 Å². The van der Waals surface area contributed by atoms with Crippen LogP contribution >= 0.6 is 0 Å². The van der Waals surface area contributed by atoms with Crippen LogP contribution in [0.2, 0.25) is 0 Å². The standard InChI is InChI=1S/C13H23N3O2/c17-12(15-7-5-11-3-1-4-11)13(18)16-9-2-6-14-8-10-16/h11,14H,1-10H2,(H,15,17). The number of nitrogens with one attached hydrogen (secondary N) is 2. The molecule has 5 nitrogen and oxygen atoms in total. The SMILES string of the molecule is O=C(NCCC1CCC1)C(=O)N1CCCNCC1. The lowest BCUT2D eigenvalue weighted by atomic mass is 9.83. The fourth-order valence-electron chi connectivity index (χ4n) is 2.44. The van der Waals surface area contributed by atoms with Crippen molar-refractivity contribution in [3.05, 3.63) is 0 Å². The Labute approximate surface area is 108 Å². The van der Waals surface area contributed by atoms with E-state index in [-0.39, 0.29) is 5.91 Å². The van der Waals surface area contributed by atoms with E-state index in [4.69, 9.17) is 0 Å². The highest BCUT2D eigenvalue weighted by atomic mass is 16.2. The van der Waals surface area contributed by atoms with Crippen molar-refractivity contribution in [1.29, 1.82) is 0 Å². The van der Waals surface area contributed by atoms with Gasteiger partial charge in [-0.15, -0.1) is 0 Å². The summed E-state index contributed by atoms with van der Waals surface area (Å²) in [5, 5.41) is 5.97. The number of amides is 2. The Morgan fingerprint density at radius 1 is 1.17 bits per heavy atom. The molecule has 2 amide bonds. The molecular formula is C13H23N3O2. The zero-order chi connectivity index (χ0) is 12.8. The second-order valence-electron chi connectivity index (χ2n) is 5.24. The first-order valence-corrected chi connectivity index (χ1v) is 7.05. The van der Waals surface area contributed by atoms with Crippen molar-refractivity contribution in [3.8, 4) is 0 Å². The Bertz CT molecular complexity index is 295. The van der Waals surface area contributed by atoms with Crippen LogP contribution in [-0.2, 0) is 9.59 Å². The van der Waals surface area contributed by atoms with Gasteiger partial charge in [-0.05, 0) is 25.3 Å². The predicted octanol–water partition coefficient (Wildman–Crippen LogP) is 0.115. The van der Waals surface area contributed by atoms with Crippen molar-refractivity contribution >= 4 is 11.8 Å². The van der Waals surface area contributed by atoms with E-state index >= 15 is 0 Å². The molecule has 1 aliphatic heterocycles. The minimum Gasteiger partial charge on any atom is -0.348 e. The van der Waals surface area contributed by atoms with Gasteiger partial charge >= 0.3 is 11.8 Å². The first kappa shape index (κ1) is 13.3. The summed E-state index contributed by atoms with van der Waals surface area (Å²) in [5.41, 5.74) is 0. The lowest BCUT2D eigenvalue weighted by molar-refractivity contribution is -0.145. The van der Waals surface area contributed by atoms with E-state index in [2.05, 4.69) is 10.6 Å². The summed E-state index contributed by atoms with van der Waals surface area (Å²) in [4.78, 5) is 25.3.